The van der Waals surface area contributed by atoms with E-state index in [0.717, 1.165) is 24.1 Å². The zero-order valence-corrected chi connectivity index (χ0v) is 15.3. The SMILES string of the molecule is O=C1/C(=C/NNc2ccc([N+](=O)[O-])cc2[N+](=O)[O-])CCC/C1=C\c1ccccc1. The minimum absolute atomic E-state index is 0.0563. The molecule has 0 radical (unpaired) electrons. The zero-order chi connectivity index (χ0) is 20.8. The van der Waals surface area contributed by atoms with Crippen LogP contribution in [0.5, 0.6) is 0 Å². The van der Waals surface area contributed by atoms with Crippen molar-refractivity contribution < 1.29 is 14.6 Å². The third kappa shape index (κ3) is 4.83. The number of hydrogen-bond acceptors (Lipinski definition) is 7. The van der Waals surface area contributed by atoms with E-state index in [1.807, 2.05) is 36.4 Å². The molecular weight excluding hydrogens is 376 g/mol. The molecule has 1 saturated carbocycles. The molecule has 0 aromatic heterocycles. The maximum Gasteiger partial charge on any atom is 0.300 e. The first-order valence-electron chi connectivity index (χ1n) is 8.89. The van der Waals surface area contributed by atoms with Crippen molar-refractivity contribution in [2.24, 2.45) is 0 Å². The Hall–Kier alpha value is -4.01. The minimum Gasteiger partial charge on any atom is -0.308 e. The molecule has 0 atom stereocenters. The summed E-state index contributed by atoms with van der Waals surface area (Å²) in [5, 5.41) is 22.0. The largest absolute Gasteiger partial charge is 0.308 e. The maximum absolute atomic E-state index is 12.7. The second-order valence-corrected chi connectivity index (χ2v) is 6.42. The zero-order valence-electron chi connectivity index (χ0n) is 15.3. The summed E-state index contributed by atoms with van der Waals surface area (Å²) in [5.74, 6) is -0.0763. The Balaban J connectivity index is 1.73. The summed E-state index contributed by atoms with van der Waals surface area (Å²) in [4.78, 5) is 33.2. The Kier molecular flexibility index (Phi) is 5.98. The van der Waals surface area contributed by atoms with Gasteiger partial charge in [-0.05, 0) is 37.0 Å². The smallest absolute Gasteiger partial charge is 0.300 e. The summed E-state index contributed by atoms with van der Waals surface area (Å²) in [5.41, 5.74) is 6.77. The molecular formula is C20H18N4O5. The lowest BCUT2D eigenvalue weighted by Crippen LogP contribution is -2.20. The van der Waals surface area contributed by atoms with Crippen molar-refractivity contribution in [1.29, 1.82) is 0 Å². The van der Waals surface area contributed by atoms with Gasteiger partial charge in [-0.1, -0.05) is 30.3 Å². The van der Waals surface area contributed by atoms with Crippen LogP contribution in [0.15, 0.2) is 65.9 Å². The van der Waals surface area contributed by atoms with Gasteiger partial charge in [-0.15, -0.1) is 0 Å². The lowest BCUT2D eigenvalue weighted by atomic mass is 9.88. The Morgan fingerprint density at radius 3 is 2.34 bits per heavy atom. The third-order valence-corrected chi connectivity index (χ3v) is 4.46. The number of hydrazine groups is 1. The first-order valence-corrected chi connectivity index (χ1v) is 8.89. The molecule has 1 aliphatic rings. The van der Waals surface area contributed by atoms with Gasteiger partial charge in [0.2, 0.25) is 0 Å². The summed E-state index contributed by atoms with van der Waals surface area (Å²) in [6.07, 6.45) is 5.43. The average molecular weight is 394 g/mol. The first kappa shape index (κ1) is 19.7. The van der Waals surface area contributed by atoms with Crippen molar-refractivity contribution in [3.63, 3.8) is 0 Å². The fourth-order valence-electron chi connectivity index (χ4n) is 3.02. The van der Waals surface area contributed by atoms with E-state index in [2.05, 4.69) is 10.9 Å². The van der Waals surface area contributed by atoms with Crippen LogP contribution in [0.4, 0.5) is 17.1 Å². The molecule has 148 valence electrons. The van der Waals surface area contributed by atoms with Crippen LogP contribution in [0.25, 0.3) is 6.08 Å². The van der Waals surface area contributed by atoms with Gasteiger partial charge in [0, 0.05) is 23.4 Å². The standard InChI is InChI=1S/C20H18N4O5/c25-20-15(11-14-5-2-1-3-6-14)7-4-8-16(20)13-21-22-18-10-9-17(23(26)27)12-19(18)24(28)29/h1-3,5-6,9-13,21-22H,4,7-8H2/b15-11+,16-13+. The van der Waals surface area contributed by atoms with Crippen molar-refractivity contribution in [2.75, 3.05) is 5.43 Å². The molecule has 0 saturated heterocycles. The Morgan fingerprint density at radius 2 is 1.66 bits per heavy atom. The number of benzene rings is 2. The van der Waals surface area contributed by atoms with E-state index in [4.69, 9.17) is 0 Å². The molecule has 2 aromatic carbocycles. The van der Waals surface area contributed by atoms with E-state index in [1.54, 1.807) is 0 Å². The van der Waals surface area contributed by atoms with Gasteiger partial charge in [0.1, 0.15) is 5.69 Å². The van der Waals surface area contributed by atoms with E-state index < -0.39 is 15.5 Å². The lowest BCUT2D eigenvalue weighted by Gasteiger charge is -2.17. The molecule has 0 heterocycles. The number of hydrogen-bond donors (Lipinski definition) is 2. The van der Waals surface area contributed by atoms with Crippen LogP contribution in [-0.2, 0) is 4.79 Å². The van der Waals surface area contributed by atoms with Crippen LogP contribution in [0.3, 0.4) is 0 Å². The van der Waals surface area contributed by atoms with E-state index in [1.165, 1.54) is 12.3 Å². The summed E-state index contributed by atoms with van der Waals surface area (Å²) >= 11 is 0. The highest BCUT2D eigenvalue weighted by Gasteiger charge is 2.21. The summed E-state index contributed by atoms with van der Waals surface area (Å²) in [6, 6.07) is 12.8. The minimum atomic E-state index is -0.712. The molecule has 0 aliphatic heterocycles. The second kappa shape index (κ2) is 8.79. The van der Waals surface area contributed by atoms with Gasteiger partial charge < -0.3 is 5.43 Å². The fourth-order valence-corrected chi connectivity index (χ4v) is 3.02. The Morgan fingerprint density at radius 1 is 0.931 bits per heavy atom. The normalized spacial score (nSPS) is 16.6. The van der Waals surface area contributed by atoms with E-state index in [0.29, 0.717) is 24.0 Å². The van der Waals surface area contributed by atoms with Gasteiger partial charge in [-0.3, -0.25) is 30.4 Å². The van der Waals surface area contributed by atoms with Gasteiger partial charge in [-0.2, -0.15) is 0 Å². The van der Waals surface area contributed by atoms with Crippen molar-refractivity contribution in [1.82, 2.24) is 5.43 Å². The maximum atomic E-state index is 12.7. The molecule has 2 aromatic rings. The number of allylic oxidation sites excluding steroid dienone is 2. The number of nitro benzene ring substituents is 2. The number of nitro groups is 2. The number of non-ortho nitro benzene ring substituents is 1. The van der Waals surface area contributed by atoms with E-state index in [9.17, 15) is 25.0 Å². The molecule has 0 unspecified atom stereocenters. The van der Waals surface area contributed by atoms with Crippen LogP contribution >= 0.6 is 0 Å². The molecule has 0 spiro atoms. The summed E-state index contributed by atoms with van der Waals surface area (Å²) < 4.78 is 0. The van der Waals surface area contributed by atoms with E-state index in [-0.39, 0.29) is 17.2 Å². The van der Waals surface area contributed by atoms with Crippen LogP contribution in [-0.4, -0.2) is 15.6 Å². The van der Waals surface area contributed by atoms with Crippen molar-refractivity contribution in [2.45, 2.75) is 19.3 Å². The third-order valence-electron chi connectivity index (χ3n) is 4.46. The van der Waals surface area contributed by atoms with Crippen LogP contribution in [0, 0.1) is 20.2 Å². The number of carbonyl (C=O) groups is 1. The molecule has 1 aliphatic carbocycles. The van der Waals surface area contributed by atoms with Gasteiger partial charge >= 0.3 is 5.69 Å². The number of nitrogens with one attached hydrogen (secondary N) is 2. The number of nitrogens with zero attached hydrogens (tertiary/aromatic N) is 2. The number of Topliss-reactive ketones (excluding diaryl/α,β-unsaturated/α-hetero) is 1. The van der Waals surface area contributed by atoms with Crippen molar-refractivity contribution >= 4 is 28.9 Å². The molecule has 1 fully saturated rings. The summed E-state index contributed by atoms with van der Waals surface area (Å²) in [7, 11) is 0. The number of rotatable bonds is 6. The Labute approximate surface area is 166 Å². The quantitative estimate of drug-likeness (QED) is 0.428. The van der Waals surface area contributed by atoms with Gasteiger partial charge in [-0.25, -0.2) is 0 Å². The second-order valence-electron chi connectivity index (χ2n) is 6.42. The molecule has 2 N–H and O–H groups in total. The molecule has 9 nitrogen and oxygen atoms in total. The highest BCUT2D eigenvalue weighted by molar-refractivity contribution is 6.11. The molecule has 0 amide bonds. The highest BCUT2D eigenvalue weighted by atomic mass is 16.6. The fraction of sp³-hybridized carbons (Fsp3) is 0.150. The van der Waals surface area contributed by atoms with Crippen LogP contribution in [0.1, 0.15) is 24.8 Å². The number of anilines is 1. The molecule has 0 bridgehead atoms. The number of ketones is 1. The average Bonchev–Trinajstić information content (AvgIpc) is 2.71. The topological polar surface area (TPSA) is 127 Å². The highest BCUT2D eigenvalue weighted by Crippen LogP contribution is 2.29. The summed E-state index contributed by atoms with van der Waals surface area (Å²) in [6.45, 7) is 0. The van der Waals surface area contributed by atoms with Crippen LogP contribution in [0.2, 0.25) is 0 Å². The monoisotopic (exact) mass is 394 g/mol. The van der Waals surface area contributed by atoms with Crippen molar-refractivity contribution in [3.05, 3.63) is 91.7 Å². The molecule has 3 rings (SSSR count). The van der Waals surface area contributed by atoms with Gasteiger partial charge in [0.25, 0.3) is 5.69 Å². The van der Waals surface area contributed by atoms with Crippen LogP contribution < -0.4 is 10.9 Å². The van der Waals surface area contributed by atoms with Gasteiger partial charge in [0.15, 0.2) is 5.78 Å². The van der Waals surface area contributed by atoms with Gasteiger partial charge in [0.05, 0.1) is 15.9 Å². The molecule has 29 heavy (non-hydrogen) atoms. The number of carbonyl (C=O) groups excluding carboxylic acids is 1. The predicted molar refractivity (Wildman–Crippen MR) is 108 cm³/mol. The van der Waals surface area contributed by atoms with E-state index >= 15 is 0 Å². The van der Waals surface area contributed by atoms with Crippen molar-refractivity contribution in [3.8, 4) is 0 Å². The lowest BCUT2D eigenvalue weighted by molar-refractivity contribution is -0.393. The Bertz CT molecular complexity index is 1010. The predicted octanol–water partition coefficient (Wildman–Crippen LogP) is 4.14. The first-order chi connectivity index (χ1) is 14.0. The molecule has 9 heteroatoms.